The average molecular weight is 145 g/mol. The smallest absolute Gasteiger partial charge is 0.0546 e. The van der Waals surface area contributed by atoms with Gasteiger partial charge >= 0.3 is 0 Å². The highest BCUT2D eigenvalue weighted by Crippen LogP contribution is 1.88. The molecule has 0 saturated heterocycles. The van der Waals surface area contributed by atoms with Crippen LogP contribution < -0.4 is 16.8 Å². The van der Waals surface area contributed by atoms with Crippen molar-refractivity contribution in [2.75, 3.05) is 13.1 Å². The van der Waals surface area contributed by atoms with Crippen LogP contribution in [0.5, 0.6) is 0 Å². The van der Waals surface area contributed by atoms with E-state index in [9.17, 15) is 0 Å². The van der Waals surface area contributed by atoms with Crippen LogP contribution in [0.4, 0.5) is 0 Å². The van der Waals surface area contributed by atoms with E-state index in [-0.39, 0.29) is 6.17 Å². The maximum atomic E-state index is 5.67. The lowest BCUT2D eigenvalue weighted by Crippen LogP contribution is -2.38. The Hall–Kier alpha value is -0.120. The van der Waals surface area contributed by atoms with Gasteiger partial charge in [-0.3, -0.25) is 0 Å². The van der Waals surface area contributed by atoms with Gasteiger partial charge in [0.15, 0.2) is 0 Å². The molecular weight excluding hydrogens is 126 g/mol. The maximum absolute atomic E-state index is 5.67. The summed E-state index contributed by atoms with van der Waals surface area (Å²) in [6.07, 6.45) is 3.36. The van der Waals surface area contributed by atoms with E-state index < -0.39 is 0 Å². The zero-order chi connectivity index (χ0) is 7.82. The molecule has 0 heterocycles. The molecule has 0 aliphatic rings. The van der Waals surface area contributed by atoms with Crippen molar-refractivity contribution in [1.29, 1.82) is 0 Å². The van der Waals surface area contributed by atoms with E-state index in [0.717, 1.165) is 32.4 Å². The van der Waals surface area contributed by atoms with E-state index in [1.54, 1.807) is 0 Å². The molecular formula is C7H19N3. The van der Waals surface area contributed by atoms with Crippen LogP contribution in [0.15, 0.2) is 0 Å². The number of rotatable bonds is 6. The molecule has 0 fully saturated rings. The molecule has 0 aromatic heterocycles. The highest BCUT2D eigenvalue weighted by molar-refractivity contribution is 4.57. The van der Waals surface area contributed by atoms with E-state index in [1.165, 1.54) is 0 Å². The van der Waals surface area contributed by atoms with Crippen molar-refractivity contribution in [2.24, 2.45) is 11.5 Å². The Morgan fingerprint density at radius 1 is 1.50 bits per heavy atom. The Morgan fingerprint density at radius 2 is 2.20 bits per heavy atom. The molecule has 0 aliphatic heterocycles. The largest absolute Gasteiger partial charge is 0.330 e. The summed E-state index contributed by atoms with van der Waals surface area (Å²) in [7, 11) is 0. The van der Waals surface area contributed by atoms with Gasteiger partial charge < -0.3 is 16.8 Å². The first-order valence-corrected chi connectivity index (χ1v) is 4.00. The predicted molar refractivity (Wildman–Crippen MR) is 44.6 cm³/mol. The van der Waals surface area contributed by atoms with Gasteiger partial charge in [0.1, 0.15) is 0 Å². The Balaban J connectivity index is 2.97. The van der Waals surface area contributed by atoms with Crippen molar-refractivity contribution >= 4 is 0 Å². The zero-order valence-electron chi connectivity index (χ0n) is 6.77. The molecule has 3 nitrogen and oxygen atoms in total. The first kappa shape index (κ1) is 9.88. The summed E-state index contributed by atoms with van der Waals surface area (Å²) < 4.78 is 0. The van der Waals surface area contributed by atoms with Gasteiger partial charge in [0.05, 0.1) is 6.17 Å². The third kappa shape index (κ3) is 6.01. The van der Waals surface area contributed by atoms with Crippen molar-refractivity contribution in [3.63, 3.8) is 0 Å². The molecule has 1 atom stereocenters. The van der Waals surface area contributed by atoms with Crippen molar-refractivity contribution in [1.82, 2.24) is 5.32 Å². The van der Waals surface area contributed by atoms with Gasteiger partial charge in [0.2, 0.25) is 0 Å². The van der Waals surface area contributed by atoms with Crippen LogP contribution in [-0.4, -0.2) is 19.3 Å². The summed E-state index contributed by atoms with van der Waals surface area (Å²) in [5.41, 5.74) is 11.0. The molecule has 0 spiro atoms. The molecule has 0 aromatic rings. The number of hydrogen-bond donors (Lipinski definition) is 3. The topological polar surface area (TPSA) is 64.1 Å². The lowest BCUT2D eigenvalue weighted by atomic mass is 10.3. The van der Waals surface area contributed by atoms with Crippen LogP contribution in [0.2, 0.25) is 0 Å². The summed E-state index contributed by atoms with van der Waals surface area (Å²) in [4.78, 5) is 0. The minimum Gasteiger partial charge on any atom is -0.330 e. The van der Waals surface area contributed by atoms with Crippen LogP contribution in [0.1, 0.15) is 26.2 Å². The molecule has 0 bridgehead atoms. The quantitative estimate of drug-likeness (QED) is 0.364. The van der Waals surface area contributed by atoms with Gasteiger partial charge in [-0.25, -0.2) is 0 Å². The molecule has 0 aliphatic carbocycles. The second-order valence-electron chi connectivity index (χ2n) is 2.49. The van der Waals surface area contributed by atoms with E-state index in [2.05, 4.69) is 12.2 Å². The minimum atomic E-state index is 0.163. The van der Waals surface area contributed by atoms with Gasteiger partial charge in [0.25, 0.3) is 0 Å². The number of nitrogens with two attached hydrogens (primary N) is 2. The first-order chi connectivity index (χ1) is 4.81. The fraction of sp³-hybridized carbons (Fsp3) is 1.00. The molecule has 5 N–H and O–H groups in total. The van der Waals surface area contributed by atoms with Crippen molar-refractivity contribution in [3.05, 3.63) is 0 Å². The van der Waals surface area contributed by atoms with Crippen molar-refractivity contribution < 1.29 is 0 Å². The lowest BCUT2D eigenvalue weighted by molar-refractivity contribution is 0.485. The zero-order valence-corrected chi connectivity index (χ0v) is 6.77. The Morgan fingerprint density at radius 3 is 2.70 bits per heavy atom. The van der Waals surface area contributed by atoms with Gasteiger partial charge in [-0.15, -0.1) is 0 Å². The molecule has 62 valence electrons. The monoisotopic (exact) mass is 145 g/mol. The third-order valence-corrected chi connectivity index (χ3v) is 1.39. The van der Waals surface area contributed by atoms with Crippen molar-refractivity contribution in [2.45, 2.75) is 32.4 Å². The molecule has 0 rings (SSSR count). The second kappa shape index (κ2) is 6.99. The van der Waals surface area contributed by atoms with E-state index in [0.29, 0.717) is 0 Å². The molecule has 0 aromatic carbocycles. The Kier molecular flexibility index (Phi) is 6.91. The minimum absolute atomic E-state index is 0.163. The highest BCUT2D eigenvalue weighted by atomic mass is 15.0. The van der Waals surface area contributed by atoms with Gasteiger partial charge in [-0.05, 0) is 25.9 Å². The van der Waals surface area contributed by atoms with Gasteiger partial charge in [-0.1, -0.05) is 13.3 Å². The number of hydrogen-bond acceptors (Lipinski definition) is 3. The fourth-order valence-electron chi connectivity index (χ4n) is 0.803. The third-order valence-electron chi connectivity index (χ3n) is 1.39. The molecule has 10 heavy (non-hydrogen) atoms. The summed E-state index contributed by atoms with van der Waals surface area (Å²) in [5.74, 6) is 0. The average Bonchev–Trinajstić information content (AvgIpc) is 1.89. The first-order valence-electron chi connectivity index (χ1n) is 4.00. The lowest BCUT2D eigenvalue weighted by Gasteiger charge is -2.11. The van der Waals surface area contributed by atoms with Crippen LogP contribution >= 0.6 is 0 Å². The summed E-state index contributed by atoms with van der Waals surface area (Å²) in [5, 5.41) is 3.18. The van der Waals surface area contributed by atoms with Crippen molar-refractivity contribution in [3.8, 4) is 0 Å². The SMILES string of the molecule is CCCC(N)NCCCN. The fourth-order valence-corrected chi connectivity index (χ4v) is 0.803. The molecule has 0 saturated carbocycles. The summed E-state index contributed by atoms with van der Waals surface area (Å²) in [6.45, 7) is 3.81. The van der Waals surface area contributed by atoms with Crippen LogP contribution in [0.3, 0.4) is 0 Å². The Labute approximate surface area is 63.2 Å². The maximum Gasteiger partial charge on any atom is 0.0546 e. The molecule has 1 unspecified atom stereocenters. The van der Waals surface area contributed by atoms with Crippen LogP contribution in [0.25, 0.3) is 0 Å². The van der Waals surface area contributed by atoms with E-state index in [4.69, 9.17) is 11.5 Å². The summed E-state index contributed by atoms with van der Waals surface area (Å²) >= 11 is 0. The summed E-state index contributed by atoms with van der Waals surface area (Å²) in [6, 6.07) is 0. The van der Waals surface area contributed by atoms with Crippen LogP contribution in [0, 0.1) is 0 Å². The van der Waals surface area contributed by atoms with E-state index in [1.807, 2.05) is 0 Å². The normalized spacial score (nSPS) is 13.5. The van der Waals surface area contributed by atoms with Gasteiger partial charge in [0, 0.05) is 0 Å². The predicted octanol–water partition coefficient (Wildman–Crippen LogP) is 0.00970. The van der Waals surface area contributed by atoms with Gasteiger partial charge in [-0.2, -0.15) is 0 Å². The second-order valence-corrected chi connectivity index (χ2v) is 2.49. The van der Waals surface area contributed by atoms with Crippen LogP contribution in [-0.2, 0) is 0 Å². The standard InChI is InChI=1S/C7H19N3/c1-2-4-7(9)10-6-3-5-8/h7,10H,2-6,8-9H2,1H3. The molecule has 0 amide bonds. The number of nitrogens with one attached hydrogen (secondary N) is 1. The highest BCUT2D eigenvalue weighted by Gasteiger charge is 1.96. The molecule has 3 heteroatoms. The molecule has 0 radical (unpaired) electrons. The Bertz CT molecular complexity index is 65.9. The van der Waals surface area contributed by atoms with E-state index >= 15 is 0 Å².